The first-order valence-corrected chi connectivity index (χ1v) is 9.97. The van der Waals surface area contributed by atoms with E-state index in [-0.39, 0.29) is 16.3 Å². The number of hydrogen-bond donors (Lipinski definition) is 1. The van der Waals surface area contributed by atoms with Gasteiger partial charge in [-0.2, -0.15) is 0 Å². The molecule has 0 saturated heterocycles. The van der Waals surface area contributed by atoms with Crippen LogP contribution in [0.2, 0.25) is 5.02 Å². The highest BCUT2D eigenvalue weighted by atomic mass is 35.5. The highest BCUT2D eigenvalue weighted by molar-refractivity contribution is 6.32. The molecule has 0 heterocycles. The van der Waals surface area contributed by atoms with E-state index in [4.69, 9.17) is 21.1 Å². The minimum atomic E-state index is -0.492. The largest absolute Gasteiger partial charge is 0.490 e. The Balaban J connectivity index is 1.85. The summed E-state index contributed by atoms with van der Waals surface area (Å²) in [7, 11) is 0. The summed E-state index contributed by atoms with van der Waals surface area (Å²) in [4.78, 5) is 23.5. The smallest absolute Gasteiger partial charge is 0.274 e. The molecule has 0 unspecified atom stereocenters. The maximum absolute atomic E-state index is 12.8. The van der Waals surface area contributed by atoms with Gasteiger partial charge in [-0.05, 0) is 37.6 Å². The number of carbonyl (C=O) groups is 1. The predicted octanol–water partition coefficient (Wildman–Crippen LogP) is 5.79. The van der Waals surface area contributed by atoms with Crippen molar-refractivity contribution >= 4 is 28.9 Å². The lowest BCUT2D eigenvalue weighted by Gasteiger charge is -2.16. The molecule has 1 N–H and O–H groups in total. The van der Waals surface area contributed by atoms with Crippen LogP contribution in [0.1, 0.15) is 28.4 Å². The van der Waals surface area contributed by atoms with Gasteiger partial charge in [0.2, 0.25) is 0 Å². The average Bonchev–Trinajstić information content (AvgIpc) is 2.75. The number of anilines is 1. The Hall–Kier alpha value is -3.58. The van der Waals surface area contributed by atoms with Crippen molar-refractivity contribution in [2.24, 2.45) is 0 Å². The van der Waals surface area contributed by atoms with Crippen LogP contribution in [0.3, 0.4) is 0 Å². The van der Waals surface area contributed by atoms with Crippen molar-refractivity contribution in [3.8, 4) is 11.5 Å². The van der Waals surface area contributed by atoms with Gasteiger partial charge in [0, 0.05) is 11.6 Å². The summed E-state index contributed by atoms with van der Waals surface area (Å²) < 4.78 is 11.5. The molecule has 1 amide bonds. The zero-order chi connectivity index (χ0) is 22.4. The molecule has 8 heteroatoms. The second kappa shape index (κ2) is 9.95. The molecule has 0 aliphatic carbocycles. The molecule has 0 bridgehead atoms. The Kier molecular flexibility index (Phi) is 7.10. The van der Waals surface area contributed by atoms with Crippen LogP contribution in [-0.4, -0.2) is 17.4 Å². The molecule has 0 aliphatic rings. The van der Waals surface area contributed by atoms with Crippen LogP contribution in [0.5, 0.6) is 11.5 Å². The van der Waals surface area contributed by atoms with Crippen molar-refractivity contribution in [1.29, 1.82) is 0 Å². The fourth-order valence-electron chi connectivity index (χ4n) is 2.98. The van der Waals surface area contributed by atoms with E-state index in [1.807, 2.05) is 37.3 Å². The Bertz CT molecular complexity index is 1100. The van der Waals surface area contributed by atoms with Crippen molar-refractivity contribution in [3.05, 3.63) is 92.5 Å². The Labute approximate surface area is 184 Å². The van der Waals surface area contributed by atoms with Crippen molar-refractivity contribution in [2.75, 3.05) is 11.9 Å². The lowest BCUT2D eigenvalue weighted by molar-refractivity contribution is -0.385. The summed E-state index contributed by atoms with van der Waals surface area (Å²) in [5.74, 6) is 0.211. The number of benzene rings is 3. The predicted molar refractivity (Wildman–Crippen MR) is 119 cm³/mol. The number of ether oxygens (including phenoxy) is 2. The highest BCUT2D eigenvalue weighted by Gasteiger charge is 2.19. The zero-order valence-electron chi connectivity index (χ0n) is 17.1. The lowest BCUT2D eigenvalue weighted by Crippen LogP contribution is -2.14. The average molecular weight is 441 g/mol. The van der Waals surface area contributed by atoms with Gasteiger partial charge in [0.05, 0.1) is 27.8 Å². The molecular weight excluding hydrogens is 420 g/mol. The van der Waals surface area contributed by atoms with Crippen LogP contribution < -0.4 is 14.8 Å². The van der Waals surface area contributed by atoms with E-state index in [0.717, 1.165) is 5.56 Å². The fourth-order valence-corrected chi connectivity index (χ4v) is 3.25. The Morgan fingerprint density at radius 1 is 1.10 bits per heavy atom. The van der Waals surface area contributed by atoms with Crippen LogP contribution in [0.25, 0.3) is 0 Å². The number of nitrogens with one attached hydrogen (secondary N) is 1. The highest BCUT2D eigenvalue weighted by Crippen LogP contribution is 2.37. The maximum Gasteiger partial charge on any atom is 0.274 e. The van der Waals surface area contributed by atoms with Crippen LogP contribution in [0, 0.1) is 17.0 Å². The first-order chi connectivity index (χ1) is 14.9. The van der Waals surface area contributed by atoms with E-state index in [9.17, 15) is 14.9 Å². The van der Waals surface area contributed by atoms with Gasteiger partial charge in [0.25, 0.3) is 11.6 Å². The van der Waals surface area contributed by atoms with Gasteiger partial charge in [0.15, 0.2) is 11.5 Å². The summed E-state index contributed by atoms with van der Waals surface area (Å²) in [6.45, 7) is 4.03. The third-order valence-corrected chi connectivity index (χ3v) is 4.83. The number of rotatable bonds is 8. The SMILES string of the molecule is CCOc1cc(C(=O)Nc2cccc([N+](=O)[O-])c2C)cc(Cl)c1OCc1ccccc1. The summed E-state index contributed by atoms with van der Waals surface area (Å²) in [5, 5.41) is 14.1. The number of nitro groups is 1. The van der Waals surface area contributed by atoms with Crippen LogP contribution in [0.15, 0.2) is 60.7 Å². The molecule has 0 spiro atoms. The normalized spacial score (nSPS) is 10.4. The number of hydrogen-bond acceptors (Lipinski definition) is 5. The Morgan fingerprint density at radius 2 is 1.84 bits per heavy atom. The first kappa shape index (κ1) is 22.1. The molecule has 0 aliphatic heterocycles. The van der Waals surface area contributed by atoms with Crippen molar-refractivity contribution in [1.82, 2.24) is 0 Å². The molecule has 0 fully saturated rings. The quantitative estimate of drug-likeness (QED) is 0.353. The molecule has 3 aromatic carbocycles. The molecular formula is C23H21ClN2O5. The maximum atomic E-state index is 12.8. The van der Waals surface area contributed by atoms with E-state index in [0.29, 0.717) is 36.0 Å². The summed E-state index contributed by atoms with van der Waals surface area (Å²) in [5.41, 5.74) is 1.84. The van der Waals surface area contributed by atoms with Crippen LogP contribution in [0.4, 0.5) is 11.4 Å². The van der Waals surface area contributed by atoms with Crippen molar-refractivity contribution < 1.29 is 19.2 Å². The molecule has 31 heavy (non-hydrogen) atoms. The third kappa shape index (κ3) is 5.32. The summed E-state index contributed by atoms with van der Waals surface area (Å²) in [6, 6.07) is 17.1. The first-order valence-electron chi connectivity index (χ1n) is 9.59. The van der Waals surface area contributed by atoms with E-state index in [1.165, 1.54) is 24.3 Å². The minimum absolute atomic E-state index is 0.0736. The minimum Gasteiger partial charge on any atom is -0.490 e. The summed E-state index contributed by atoms with van der Waals surface area (Å²) >= 11 is 6.41. The van der Waals surface area contributed by atoms with E-state index in [1.54, 1.807) is 13.0 Å². The van der Waals surface area contributed by atoms with Gasteiger partial charge < -0.3 is 14.8 Å². The van der Waals surface area contributed by atoms with Gasteiger partial charge >= 0.3 is 0 Å². The van der Waals surface area contributed by atoms with Gasteiger partial charge in [-0.3, -0.25) is 14.9 Å². The summed E-state index contributed by atoms with van der Waals surface area (Å²) in [6.07, 6.45) is 0. The third-order valence-electron chi connectivity index (χ3n) is 4.55. The topological polar surface area (TPSA) is 90.7 Å². The molecule has 0 aromatic heterocycles. The number of halogens is 1. The van der Waals surface area contributed by atoms with Crippen molar-refractivity contribution in [2.45, 2.75) is 20.5 Å². The number of nitrogens with zero attached hydrogens (tertiary/aromatic N) is 1. The monoisotopic (exact) mass is 440 g/mol. The van der Waals surface area contributed by atoms with E-state index >= 15 is 0 Å². The molecule has 3 aromatic rings. The van der Waals surface area contributed by atoms with Gasteiger partial charge in [-0.25, -0.2) is 0 Å². The molecule has 0 radical (unpaired) electrons. The fraction of sp³-hybridized carbons (Fsp3) is 0.174. The number of nitro benzene ring substituents is 1. The second-order valence-electron chi connectivity index (χ2n) is 6.65. The van der Waals surface area contributed by atoms with Crippen LogP contribution >= 0.6 is 11.6 Å². The van der Waals surface area contributed by atoms with Crippen molar-refractivity contribution in [3.63, 3.8) is 0 Å². The lowest BCUT2D eigenvalue weighted by atomic mass is 10.1. The van der Waals surface area contributed by atoms with Gasteiger partial charge in [-0.15, -0.1) is 0 Å². The van der Waals surface area contributed by atoms with E-state index in [2.05, 4.69) is 5.32 Å². The van der Waals surface area contributed by atoms with Crippen LogP contribution in [-0.2, 0) is 6.61 Å². The molecule has 160 valence electrons. The standard InChI is InChI=1S/C23H21ClN2O5/c1-3-30-21-13-17(12-18(24)22(21)31-14-16-8-5-4-6-9-16)23(27)25-19-10-7-11-20(15(19)2)26(28)29/h4-13H,3,14H2,1-2H3,(H,25,27). The molecule has 7 nitrogen and oxygen atoms in total. The van der Waals surface area contributed by atoms with E-state index < -0.39 is 10.8 Å². The molecule has 3 rings (SSSR count). The molecule has 0 saturated carbocycles. The Morgan fingerprint density at radius 3 is 2.52 bits per heavy atom. The number of carbonyl (C=O) groups excluding carboxylic acids is 1. The molecule has 0 atom stereocenters. The van der Waals surface area contributed by atoms with Gasteiger partial charge in [-0.1, -0.05) is 48.0 Å². The zero-order valence-corrected chi connectivity index (χ0v) is 17.8. The number of amides is 1. The second-order valence-corrected chi connectivity index (χ2v) is 7.06. The van der Waals surface area contributed by atoms with Gasteiger partial charge in [0.1, 0.15) is 6.61 Å².